The maximum Gasteiger partial charge on any atom is 0.252 e. The van der Waals surface area contributed by atoms with Gasteiger partial charge in [-0.15, -0.1) is 0 Å². The molecule has 11 heteroatoms. The summed E-state index contributed by atoms with van der Waals surface area (Å²) in [6.45, 7) is 1.04. The predicted octanol–water partition coefficient (Wildman–Crippen LogP) is 5.75. The average molecular weight is 646 g/mol. The lowest BCUT2D eigenvalue weighted by Crippen LogP contribution is -2.47. The monoisotopic (exact) mass is 645 g/mol. The second-order valence-corrected chi connectivity index (χ2v) is 10.5. The summed E-state index contributed by atoms with van der Waals surface area (Å²) in [4.78, 5) is 29.8. The number of benzene rings is 3. The number of nitrogens with one attached hydrogen (secondary N) is 1. The molecule has 0 saturated carbocycles. The number of fused-ring (bicyclic) bond motifs is 1. The lowest BCUT2D eigenvalue weighted by molar-refractivity contribution is -0.127. The van der Waals surface area contributed by atoms with Crippen LogP contribution in [0.3, 0.4) is 0 Å². The van der Waals surface area contributed by atoms with Crippen molar-refractivity contribution in [1.82, 2.24) is 10.2 Å². The summed E-state index contributed by atoms with van der Waals surface area (Å²) in [5.74, 6) is -4.89. The molecule has 1 unspecified atom stereocenters. The van der Waals surface area contributed by atoms with Gasteiger partial charge >= 0.3 is 0 Å². The van der Waals surface area contributed by atoms with Crippen LogP contribution in [0.4, 0.5) is 23.2 Å². The average Bonchev–Trinajstić information content (AvgIpc) is 3.03. The van der Waals surface area contributed by atoms with Crippen molar-refractivity contribution in [3.05, 3.63) is 96.6 Å². The fourth-order valence-electron chi connectivity index (χ4n) is 4.32. The van der Waals surface area contributed by atoms with Crippen LogP contribution in [0.5, 0.6) is 0 Å². The Balaban J connectivity index is 1.73. The molecule has 0 bridgehead atoms. The summed E-state index contributed by atoms with van der Waals surface area (Å²) in [5, 5.41) is 2.59. The number of rotatable bonds is 6. The van der Waals surface area contributed by atoms with Crippen LogP contribution in [-0.2, 0) is 23.4 Å². The van der Waals surface area contributed by atoms with Gasteiger partial charge in [0.15, 0.2) is 0 Å². The third kappa shape index (κ3) is 4.82. The molecule has 37 heavy (non-hydrogen) atoms. The first-order valence-corrected chi connectivity index (χ1v) is 12.5. The first kappa shape index (κ1) is 27.3. The van der Waals surface area contributed by atoms with E-state index in [1.807, 2.05) is 22.6 Å². The Labute approximate surface area is 229 Å². The van der Waals surface area contributed by atoms with E-state index in [4.69, 9.17) is 11.6 Å². The van der Waals surface area contributed by atoms with E-state index < -0.39 is 46.8 Å². The second-order valence-electron chi connectivity index (χ2n) is 8.94. The normalized spacial score (nSPS) is 16.9. The highest BCUT2D eigenvalue weighted by Crippen LogP contribution is 2.47. The number of hydrogen-bond acceptors (Lipinski definition) is 3. The molecule has 1 aliphatic rings. The molecule has 3 aromatic carbocycles. The lowest BCUT2D eigenvalue weighted by atomic mass is 9.91. The van der Waals surface area contributed by atoms with Gasteiger partial charge in [0, 0.05) is 49.5 Å². The molecule has 1 heterocycles. The zero-order chi connectivity index (χ0) is 27.2. The van der Waals surface area contributed by atoms with E-state index in [-0.39, 0.29) is 28.6 Å². The molecule has 0 spiro atoms. The summed E-state index contributed by atoms with van der Waals surface area (Å²) in [7, 11) is 3.48. The van der Waals surface area contributed by atoms with Crippen molar-refractivity contribution < 1.29 is 27.2 Å². The highest BCUT2D eigenvalue weighted by Gasteiger charge is 2.51. The molecule has 5 nitrogen and oxygen atoms in total. The standard InChI is InChI=1S/C26H21ClF4IN3O2/c1-26(34(2)3)23-21(32)7-13(24(36)33-11-15-19(30)9-14(28)10-20(15)31)8-22(23)35(25(26)37)12-16-17(27)5-4-6-18(16)29/h4-10H,11-12H2,1-3H3,(H,33,36). The predicted molar refractivity (Wildman–Crippen MR) is 140 cm³/mol. The molecule has 4 rings (SSSR count). The van der Waals surface area contributed by atoms with Gasteiger partial charge in [0.25, 0.3) is 11.8 Å². The third-order valence-electron chi connectivity index (χ3n) is 6.57. The summed E-state index contributed by atoms with van der Waals surface area (Å²) in [6.07, 6.45) is 0. The smallest absolute Gasteiger partial charge is 0.252 e. The number of amides is 2. The number of hydrogen-bond donors (Lipinski definition) is 1. The number of anilines is 1. The van der Waals surface area contributed by atoms with Crippen molar-refractivity contribution in [1.29, 1.82) is 0 Å². The van der Waals surface area contributed by atoms with E-state index >= 15 is 0 Å². The molecular formula is C26H21ClF4IN3O2. The van der Waals surface area contributed by atoms with Crippen LogP contribution in [0.15, 0.2) is 42.5 Å². The zero-order valence-corrected chi connectivity index (χ0v) is 22.8. The van der Waals surface area contributed by atoms with Gasteiger partial charge in [0.05, 0.1) is 12.2 Å². The summed E-state index contributed by atoms with van der Waals surface area (Å²) >= 11 is 8.24. The molecule has 1 N–H and O–H groups in total. The third-order valence-corrected chi connectivity index (χ3v) is 7.78. The van der Waals surface area contributed by atoms with E-state index in [0.29, 0.717) is 27.0 Å². The SMILES string of the molecule is CN(C)C1(C)C(=O)N(Cc2c(F)cccc2Cl)c2cc(C(=O)NCc3c(F)cc(F)cc3F)cc(I)c21. The number of carbonyl (C=O) groups is 2. The maximum absolute atomic E-state index is 14.6. The molecule has 1 aliphatic heterocycles. The Bertz CT molecular complexity index is 1390. The molecule has 0 fully saturated rings. The van der Waals surface area contributed by atoms with Gasteiger partial charge in [-0.05, 0) is 67.9 Å². The van der Waals surface area contributed by atoms with Crippen LogP contribution in [0.1, 0.15) is 34.0 Å². The van der Waals surface area contributed by atoms with Crippen molar-refractivity contribution in [2.45, 2.75) is 25.6 Å². The van der Waals surface area contributed by atoms with E-state index in [1.54, 1.807) is 32.0 Å². The van der Waals surface area contributed by atoms with Crippen molar-refractivity contribution in [3.8, 4) is 0 Å². The van der Waals surface area contributed by atoms with Crippen molar-refractivity contribution >= 4 is 51.7 Å². The van der Waals surface area contributed by atoms with Crippen LogP contribution >= 0.6 is 34.2 Å². The molecule has 194 valence electrons. The fourth-order valence-corrected chi connectivity index (χ4v) is 5.68. The fraction of sp³-hybridized carbons (Fsp3) is 0.231. The largest absolute Gasteiger partial charge is 0.348 e. The Morgan fingerprint density at radius 3 is 2.30 bits per heavy atom. The first-order chi connectivity index (χ1) is 17.4. The molecule has 0 aromatic heterocycles. The van der Waals surface area contributed by atoms with Crippen LogP contribution < -0.4 is 10.2 Å². The zero-order valence-electron chi connectivity index (χ0n) is 19.9. The van der Waals surface area contributed by atoms with Gasteiger partial charge in [0.2, 0.25) is 0 Å². The van der Waals surface area contributed by atoms with Crippen molar-refractivity contribution in [3.63, 3.8) is 0 Å². The van der Waals surface area contributed by atoms with Gasteiger partial charge in [-0.25, -0.2) is 17.6 Å². The number of likely N-dealkylation sites (N-methyl/N-ethyl adjacent to an activating group) is 1. The molecule has 3 aromatic rings. The minimum atomic E-state index is -1.12. The number of carbonyl (C=O) groups excluding carboxylic acids is 2. The van der Waals surface area contributed by atoms with Crippen molar-refractivity contribution in [2.75, 3.05) is 19.0 Å². The lowest BCUT2D eigenvalue weighted by Gasteiger charge is -2.32. The van der Waals surface area contributed by atoms with Crippen molar-refractivity contribution in [2.24, 2.45) is 0 Å². The molecule has 0 radical (unpaired) electrons. The Morgan fingerprint density at radius 1 is 1.05 bits per heavy atom. The summed E-state index contributed by atoms with van der Waals surface area (Å²) in [5.41, 5.74) is -0.347. The highest BCUT2D eigenvalue weighted by molar-refractivity contribution is 14.1. The Morgan fingerprint density at radius 2 is 1.70 bits per heavy atom. The van der Waals surface area contributed by atoms with Gasteiger partial charge < -0.3 is 10.2 Å². The number of halogens is 6. The molecule has 0 aliphatic carbocycles. The maximum atomic E-state index is 14.6. The van der Waals surface area contributed by atoms with E-state index in [2.05, 4.69) is 5.32 Å². The second kappa shape index (κ2) is 10.2. The highest BCUT2D eigenvalue weighted by atomic mass is 127. The molecular weight excluding hydrogens is 625 g/mol. The topological polar surface area (TPSA) is 52.7 Å². The Kier molecular flexibility index (Phi) is 7.55. The molecule has 0 saturated heterocycles. The van der Waals surface area contributed by atoms with Gasteiger partial charge in [-0.3, -0.25) is 14.5 Å². The number of nitrogens with zero attached hydrogens (tertiary/aromatic N) is 2. The van der Waals surface area contributed by atoms with Crippen LogP contribution in [0, 0.1) is 26.8 Å². The van der Waals surface area contributed by atoms with Gasteiger partial charge in [0.1, 0.15) is 28.8 Å². The summed E-state index contributed by atoms with van der Waals surface area (Å²) in [6, 6.07) is 8.32. The minimum Gasteiger partial charge on any atom is -0.348 e. The van der Waals surface area contributed by atoms with Gasteiger partial charge in [-0.1, -0.05) is 17.7 Å². The van der Waals surface area contributed by atoms with Crippen LogP contribution in [0.25, 0.3) is 0 Å². The summed E-state index contributed by atoms with van der Waals surface area (Å²) < 4.78 is 56.4. The quantitative estimate of drug-likeness (QED) is 0.274. The molecule has 1 atom stereocenters. The first-order valence-electron chi connectivity index (χ1n) is 11.0. The van der Waals surface area contributed by atoms with Crippen LogP contribution in [-0.4, -0.2) is 30.8 Å². The van der Waals surface area contributed by atoms with Gasteiger partial charge in [-0.2, -0.15) is 0 Å². The molecule has 2 amide bonds. The van der Waals surface area contributed by atoms with E-state index in [1.165, 1.54) is 29.2 Å². The van der Waals surface area contributed by atoms with E-state index in [9.17, 15) is 27.2 Å². The van der Waals surface area contributed by atoms with Crippen LogP contribution in [0.2, 0.25) is 5.02 Å². The van der Waals surface area contributed by atoms with E-state index in [0.717, 1.165) is 0 Å². The minimum absolute atomic E-state index is 0.117. The Hall–Kier alpha value is -2.70.